The molecule has 0 spiro atoms. The van der Waals surface area contributed by atoms with Gasteiger partial charge in [0, 0.05) is 9.75 Å². The highest BCUT2D eigenvalue weighted by atomic mass is 32.1. The first-order valence-corrected chi connectivity index (χ1v) is 6.50. The number of carbonyl (C=O) groups is 1. The normalized spacial score (nSPS) is 11.6. The zero-order valence-corrected chi connectivity index (χ0v) is 11.1. The van der Waals surface area contributed by atoms with Crippen molar-refractivity contribution in [1.82, 2.24) is 0 Å². The summed E-state index contributed by atoms with van der Waals surface area (Å²) in [5.41, 5.74) is 2.51. The van der Waals surface area contributed by atoms with Crippen LogP contribution in [0.3, 0.4) is 0 Å². The summed E-state index contributed by atoms with van der Waals surface area (Å²) in [6, 6.07) is 11.1. The summed E-state index contributed by atoms with van der Waals surface area (Å²) in [6.45, 7) is 4.09. The van der Waals surface area contributed by atoms with E-state index in [0.29, 0.717) is 5.56 Å². The second-order valence-corrected chi connectivity index (χ2v) is 5.11. The number of allylic oxidation sites excluding steroid dienone is 2. The van der Waals surface area contributed by atoms with Gasteiger partial charge in [0.05, 0.1) is 5.56 Å². The zero-order chi connectivity index (χ0) is 13.1. The average Bonchev–Trinajstić information content (AvgIpc) is 2.87. The van der Waals surface area contributed by atoms with Crippen molar-refractivity contribution >= 4 is 22.9 Å². The van der Waals surface area contributed by atoms with E-state index in [9.17, 15) is 4.79 Å². The van der Waals surface area contributed by atoms with E-state index in [2.05, 4.69) is 19.1 Å². The van der Waals surface area contributed by atoms with Crippen molar-refractivity contribution in [1.29, 1.82) is 0 Å². The second-order valence-electron chi connectivity index (χ2n) is 4.02. The van der Waals surface area contributed by atoms with Crippen molar-refractivity contribution in [3.8, 4) is 10.4 Å². The molecule has 92 valence electrons. The van der Waals surface area contributed by atoms with Crippen molar-refractivity contribution in [3.05, 3.63) is 52.9 Å². The maximum absolute atomic E-state index is 10.9. The van der Waals surface area contributed by atoms with Gasteiger partial charge in [-0.15, -0.1) is 11.3 Å². The van der Waals surface area contributed by atoms with Crippen molar-refractivity contribution in [2.45, 2.75) is 13.8 Å². The molecule has 2 nitrogen and oxygen atoms in total. The van der Waals surface area contributed by atoms with Crippen LogP contribution in [0.4, 0.5) is 0 Å². The van der Waals surface area contributed by atoms with Gasteiger partial charge < -0.3 is 5.11 Å². The molecule has 0 atom stereocenters. The molecule has 0 aliphatic carbocycles. The first-order valence-electron chi connectivity index (χ1n) is 5.68. The van der Waals surface area contributed by atoms with Gasteiger partial charge in [0.2, 0.25) is 0 Å². The third kappa shape index (κ3) is 2.51. The smallest absolute Gasteiger partial charge is 0.335 e. The predicted octanol–water partition coefficient (Wildman–Crippen LogP) is 4.54. The highest BCUT2D eigenvalue weighted by Crippen LogP contribution is 2.32. The van der Waals surface area contributed by atoms with E-state index in [1.54, 1.807) is 29.5 Å². The number of benzene rings is 1. The third-order valence-electron chi connectivity index (χ3n) is 2.82. The van der Waals surface area contributed by atoms with Crippen LogP contribution in [-0.4, -0.2) is 11.1 Å². The Morgan fingerprint density at radius 1 is 1.28 bits per heavy atom. The molecule has 2 rings (SSSR count). The molecule has 0 saturated carbocycles. The molecule has 18 heavy (non-hydrogen) atoms. The van der Waals surface area contributed by atoms with Gasteiger partial charge in [0.15, 0.2) is 0 Å². The fraction of sp³-hybridized carbons (Fsp3) is 0.133. The maximum atomic E-state index is 10.9. The molecule has 0 bridgehead atoms. The largest absolute Gasteiger partial charge is 0.478 e. The Bertz CT molecular complexity index is 608. The third-order valence-corrected chi connectivity index (χ3v) is 4.09. The Labute approximate surface area is 110 Å². The van der Waals surface area contributed by atoms with Gasteiger partial charge in [-0.25, -0.2) is 4.79 Å². The number of carboxylic acids is 1. The highest BCUT2D eigenvalue weighted by molar-refractivity contribution is 7.16. The fourth-order valence-corrected chi connectivity index (χ4v) is 2.69. The standard InChI is InChI=1S/C15H14O2S/c1-3-10(2)13-7-8-14(18-13)11-5-4-6-12(9-11)15(16)17/h3-9H,1-2H3,(H,16,17). The number of thiophene rings is 1. The molecule has 2 aromatic rings. The Morgan fingerprint density at radius 3 is 2.72 bits per heavy atom. The SMILES string of the molecule is CC=C(C)c1ccc(-c2cccc(C(=O)O)c2)s1. The molecule has 0 aliphatic heterocycles. The first-order chi connectivity index (χ1) is 8.61. The van der Waals surface area contributed by atoms with Gasteiger partial charge in [-0.1, -0.05) is 18.2 Å². The van der Waals surface area contributed by atoms with E-state index in [1.807, 2.05) is 19.1 Å². The number of carboxylic acid groups (broad SMARTS) is 1. The zero-order valence-electron chi connectivity index (χ0n) is 10.3. The molecule has 1 heterocycles. The maximum Gasteiger partial charge on any atom is 0.335 e. The average molecular weight is 258 g/mol. The fourth-order valence-electron chi connectivity index (χ4n) is 1.65. The summed E-state index contributed by atoms with van der Waals surface area (Å²) in [7, 11) is 0. The Balaban J connectivity index is 2.40. The number of rotatable bonds is 3. The summed E-state index contributed by atoms with van der Waals surface area (Å²) in [5.74, 6) is -0.890. The molecule has 3 heteroatoms. The summed E-state index contributed by atoms with van der Waals surface area (Å²) in [6.07, 6.45) is 2.07. The van der Waals surface area contributed by atoms with Crippen LogP contribution in [0.5, 0.6) is 0 Å². The molecule has 0 aliphatic rings. The van der Waals surface area contributed by atoms with Crippen LogP contribution in [0.1, 0.15) is 29.1 Å². The van der Waals surface area contributed by atoms with Gasteiger partial charge in [-0.2, -0.15) is 0 Å². The Hall–Kier alpha value is -1.87. The van der Waals surface area contributed by atoms with E-state index in [-0.39, 0.29) is 0 Å². The Kier molecular flexibility index (Phi) is 3.63. The van der Waals surface area contributed by atoms with Crippen LogP contribution in [0, 0.1) is 0 Å². The lowest BCUT2D eigenvalue weighted by Crippen LogP contribution is -1.95. The van der Waals surface area contributed by atoms with Crippen LogP contribution in [-0.2, 0) is 0 Å². The summed E-state index contributed by atoms with van der Waals surface area (Å²) < 4.78 is 0. The van der Waals surface area contributed by atoms with Crippen LogP contribution in [0.15, 0.2) is 42.5 Å². The number of hydrogen-bond acceptors (Lipinski definition) is 2. The minimum Gasteiger partial charge on any atom is -0.478 e. The van der Waals surface area contributed by atoms with Crippen LogP contribution in [0.25, 0.3) is 16.0 Å². The molecule has 1 aromatic heterocycles. The van der Waals surface area contributed by atoms with E-state index >= 15 is 0 Å². The van der Waals surface area contributed by atoms with Crippen LogP contribution in [0.2, 0.25) is 0 Å². The Morgan fingerprint density at radius 2 is 2.06 bits per heavy atom. The van der Waals surface area contributed by atoms with Gasteiger partial charge in [-0.3, -0.25) is 0 Å². The van der Waals surface area contributed by atoms with Crippen LogP contribution < -0.4 is 0 Å². The van der Waals surface area contributed by atoms with Gasteiger partial charge in [0.1, 0.15) is 0 Å². The first kappa shape index (κ1) is 12.6. The topological polar surface area (TPSA) is 37.3 Å². The minimum atomic E-state index is -0.890. The van der Waals surface area contributed by atoms with E-state index < -0.39 is 5.97 Å². The van der Waals surface area contributed by atoms with E-state index in [4.69, 9.17) is 5.11 Å². The molecular weight excluding hydrogens is 244 g/mol. The minimum absolute atomic E-state index is 0.324. The van der Waals surface area contributed by atoms with Crippen molar-refractivity contribution in [2.75, 3.05) is 0 Å². The predicted molar refractivity (Wildman–Crippen MR) is 76.0 cm³/mol. The molecule has 0 saturated heterocycles. The highest BCUT2D eigenvalue weighted by Gasteiger charge is 2.07. The van der Waals surface area contributed by atoms with Gasteiger partial charge in [0.25, 0.3) is 0 Å². The lowest BCUT2D eigenvalue weighted by Gasteiger charge is -1.99. The molecule has 1 aromatic carbocycles. The number of aromatic carboxylic acids is 1. The van der Waals surface area contributed by atoms with E-state index in [1.165, 1.54) is 10.5 Å². The molecular formula is C15H14O2S. The summed E-state index contributed by atoms with van der Waals surface area (Å²) in [5, 5.41) is 8.98. The van der Waals surface area contributed by atoms with Gasteiger partial charge in [-0.05, 0) is 49.2 Å². The molecule has 0 radical (unpaired) electrons. The van der Waals surface area contributed by atoms with E-state index in [0.717, 1.165) is 10.4 Å². The summed E-state index contributed by atoms with van der Waals surface area (Å²) in [4.78, 5) is 13.2. The lowest BCUT2D eigenvalue weighted by molar-refractivity contribution is 0.0697. The summed E-state index contributed by atoms with van der Waals surface area (Å²) >= 11 is 1.68. The molecule has 0 unspecified atom stereocenters. The van der Waals surface area contributed by atoms with Crippen molar-refractivity contribution in [3.63, 3.8) is 0 Å². The monoisotopic (exact) mass is 258 g/mol. The lowest BCUT2D eigenvalue weighted by atomic mass is 10.1. The van der Waals surface area contributed by atoms with Gasteiger partial charge >= 0.3 is 5.97 Å². The molecule has 1 N–H and O–H groups in total. The second kappa shape index (κ2) is 5.19. The molecule has 0 amide bonds. The van der Waals surface area contributed by atoms with Crippen molar-refractivity contribution in [2.24, 2.45) is 0 Å². The quantitative estimate of drug-likeness (QED) is 0.877. The van der Waals surface area contributed by atoms with Crippen molar-refractivity contribution < 1.29 is 9.90 Å². The number of hydrogen-bond donors (Lipinski definition) is 1. The molecule has 0 fully saturated rings. The van der Waals surface area contributed by atoms with Crippen LogP contribution >= 0.6 is 11.3 Å².